The largest absolute Gasteiger partial charge is 0.416 e. The summed E-state index contributed by atoms with van der Waals surface area (Å²) in [6.45, 7) is 3.11. The van der Waals surface area contributed by atoms with Crippen molar-refractivity contribution in [1.82, 2.24) is 9.47 Å². The molecule has 2 rings (SSSR count). The number of halogens is 3. The molecule has 8 heteroatoms. The Kier molecular flexibility index (Phi) is 4.60. The van der Waals surface area contributed by atoms with Gasteiger partial charge in [0.05, 0.1) is 13.2 Å². The molecule has 22 heavy (non-hydrogen) atoms. The number of ether oxygens (including phenoxy) is 1. The minimum atomic E-state index is -4.53. The fraction of sp³-hybridized carbons (Fsp3) is 0.571. The number of carbonyl (C=O) groups is 1. The van der Waals surface area contributed by atoms with Crippen molar-refractivity contribution >= 4 is 5.91 Å². The summed E-state index contributed by atoms with van der Waals surface area (Å²) in [5.74, 6) is -0.690. The van der Waals surface area contributed by atoms with Crippen LogP contribution in [0, 0.1) is 6.92 Å². The van der Waals surface area contributed by atoms with E-state index in [0.717, 1.165) is 4.90 Å². The number of aryl methyl sites for hydroxylation is 1. The number of hydrogen-bond donors (Lipinski definition) is 0. The van der Waals surface area contributed by atoms with Gasteiger partial charge in [0, 0.05) is 18.8 Å². The first-order valence-electron chi connectivity index (χ1n) is 6.93. The van der Waals surface area contributed by atoms with E-state index in [4.69, 9.17) is 0 Å². The van der Waals surface area contributed by atoms with Gasteiger partial charge in [-0.05, 0) is 26.0 Å². The second kappa shape index (κ2) is 6.12. The molecule has 1 aromatic rings. The summed E-state index contributed by atoms with van der Waals surface area (Å²) < 4.78 is 44.2. The Morgan fingerprint density at radius 2 is 2.09 bits per heavy atom. The van der Waals surface area contributed by atoms with E-state index in [1.54, 1.807) is 19.9 Å². The van der Waals surface area contributed by atoms with E-state index in [-0.39, 0.29) is 18.7 Å². The van der Waals surface area contributed by atoms with Gasteiger partial charge in [-0.2, -0.15) is 13.2 Å². The topological polar surface area (TPSA) is 51.5 Å². The Morgan fingerprint density at radius 1 is 1.41 bits per heavy atom. The first kappa shape index (κ1) is 16.5. The minimum absolute atomic E-state index is 0.0326. The van der Waals surface area contributed by atoms with E-state index in [1.807, 2.05) is 0 Å². The zero-order chi connectivity index (χ0) is 16.5. The summed E-state index contributed by atoms with van der Waals surface area (Å²) in [5.41, 5.74) is 0.0945. The number of pyridine rings is 1. The number of hydrogen-bond acceptors (Lipinski definition) is 3. The molecule has 1 aliphatic rings. The van der Waals surface area contributed by atoms with Gasteiger partial charge in [-0.15, -0.1) is 0 Å². The molecule has 0 saturated carbocycles. The summed E-state index contributed by atoms with van der Waals surface area (Å²) in [6.07, 6.45) is -6.54. The van der Waals surface area contributed by atoms with Gasteiger partial charge in [0.1, 0.15) is 5.56 Å². The van der Waals surface area contributed by atoms with E-state index in [2.05, 4.69) is 4.74 Å². The van der Waals surface area contributed by atoms with E-state index in [0.29, 0.717) is 12.2 Å². The molecule has 1 aromatic heterocycles. The van der Waals surface area contributed by atoms with Crippen LogP contribution in [0.15, 0.2) is 16.9 Å². The van der Waals surface area contributed by atoms with Gasteiger partial charge >= 0.3 is 6.18 Å². The van der Waals surface area contributed by atoms with E-state index < -0.39 is 30.3 Å². The van der Waals surface area contributed by atoms with Crippen LogP contribution in [0.2, 0.25) is 0 Å². The number of rotatable bonds is 2. The van der Waals surface area contributed by atoms with Crippen LogP contribution in [0.1, 0.15) is 23.0 Å². The lowest BCUT2D eigenvalue weighted by molar-refractivity contribution is -0.233. The lowest BCUT2D eigenvalue weighted by Gasteiger charge is -2.33. The molecule has 1 atom stereocenters. The van der Waals surface area contributed by atoms with Crippen LogP contribution >= 0.6 is 0 Å². The molecule has 0 spiro atoms. The third-order valence-corrected chi connectivity index (χ3v) is 3.66. The quantitative estimate of drug-likeness (QED) is 0.832. The maximum atomic E-state index is 12.7. The van der Waals surface area contributed by atoms with Crippen molar-refractivity contribution in [2.45, 2.75) is 32.7 Å². The van der Waals surface area contributed by atoms with Crippen LogP contribution in [-0.2, 0) is 11.3 Å². The van der Waals surface area contributed by atoms with Gasteiger partial charge in [0.2, 0.25) is 0 Å². The molecule has 1 aliphatic heterocycles. The third-order valence-electron chi connectivity index (χ3n) is 3.66. The molecule has 5 nitrogen and oxygen atoms in total. The Labute approximate surface area is 125 Å². The molecule has 2 heterocycles. The number of morpholine rings is 1. The third kappa shape index (κ3) is 3.16. The zero-order valence-electron chi connectivity index (χ0n) is 12.3. The van der Waals surface area contributed by atoms with Crippen LogP contribution in [-0.4, -0.2) is 47.4 Å². The van der Waals surface area contributed by atoms with Crippen molar-refractivity contribution in [3.63, 3.8) is 0 Å². The molecule has 1 unspecified atom stereocenters. The SMILES string of the molecule is CCn1c(C)ccc(C(=O)N2CCOC(C(F)(F)F)C2)c1=O. The molecule has 0 aliphatic carbocycles. The van der Waals surface area contributed by atoms with Crippen LogP contribution in [0.4, 0.5) is 13.2 Å². The molecule has 122 valence electrons. The van der Waals surface area contributed by atoms with Crippen LogP contribution in [0.3, 0.4) is 0 Å². The monoisotopic (exact) mass is 318 g/mol. The van der Waals surface area contributed by atoms with Gasteiger partial charge in [-0.1, -0.05) is 0 Å². The zero-order valence-corrected chi connectivity index (χ0v) is 12.3. The van der Waals surface area contributed by atoms with Gasteiger partial charge in [-0.3, -0.25) is 9.59 Å². The van der Waals surface area contributed by atoms with Crippen molar-refractivity contribution < 1.29 is 22.7 Å². The van der Waals surface area contributed by atoms with Crippen molar-refractivity contribution in [2.75, 3.05) is 19.7 Å². The molecule has 1 fully saturated rings. The second-order valence-corrected chi connectivity index (χ2v) is 5.09. The lowest BCUT2D eigenvalue weighted by Crippen LogP contribution is -2.52. The maximum absolute atomic E-state index is 12.7. The molecule has 0 aromatic carbocycles. The molecular formula is C14H17F3N2O3. The molecule has 1 amide bonds. The van der Waals surface area contributed by atoms with E-state index in [1.165, 1.54) is 10.6 Å². The lowest BCUT2D eigenvalue weighted by atomic mass is 10.2. The molecule has 0 radical (unpaired) electrons. The average molecular weight is 318 g/mol. The molecule has 1 saturated heterocycles. The van der Waals surface area contributed by atoms with Crippen molar-refractivity contribution in [2.24, 2.45) is 0 Å². The predicted octanol–water partition coefficient (Wildman–Crippen LogP) is 1.58. The van der Waals surface area contributed by atoms with Crippen molar-refractivity contribution in [1.29, 1.82) is 0 Å². The molecular weight excluding hydrogens is 301 g/mol. The highest BCUT2D eigenvalue weighted by Crippen LogP contribution is 2.26. The van der Waals surface area contributed by atoms with Crippen molar-refractivity contribution in [3.8, 4) is 0 Å². The van der Waals surface area contributed by atoms with E-state index in [9.17, 15) is 22.8 Å². The summed E-state index contributed by atoms with van der Waals surface area (Å²) in [6, 6.07) is 2.98. The molecule has 0 bridgehead atoms. The fourth-order valence-electron chi connectivity index (χ4n) is 2.43. The summed E-state index contributed by atoms with van der Waals surface area (Å²) in [4.78, 5) is 25.6. The maximum Gasteiger partial charge on any atom is 0.416 e. The highest BCUT2D eigenvalue weighted by Gasteiger charge is 2.44. The number of nitrogens with zero attached hydrogens (tertiary/aromatic N) is 2. The Bertz CT molecular complexity index is 625. The van der Waals surface area contributed by atoms with Crippen LogP contribution in [0.25, 0.3) is 0 Å². The number of aromatic nitrogens is 1. The van der Waals surface area contributed by atoms with Crippen molar-refractivity contribution in [3.05, 3.63) is 33.7 Å². The summed E-state index contributed by atoms with van der Waals surface area (Å²) in [7, 11) is 0. The average Bonchev–Trinajstić information content (AvgIpc) is 2.46. The number of alkyl halides is 3. The number of amides is 1. The normalized spacial score (nSPS) is 19.3. The Balaban J connectivity index is 2.27. The highest BCUT2D eigenvalue weighted by atomic mass is 19.4. The summed E-state index contributed by atoms with van der Waals surface area (Å²) >= 11 is 0. The second-order valence-electron chi connectivity index (χ2n) is 5.09. The van der Waals surface area contributed by atoms with E-state index >= 15 is 0 Å². The minimum Gasteiger partial charge on any atom is -0.365 e. The highest BCUT2D eigenvalue weighted by molar-refractivity contribution is 5.94. The summed E-state index contributed by atoms with van der Waals surface area (Å²) in [5, 5.41) is 0. The van der Waals surface area contributed by atoms with Gasteiger partial charge in [0.15, 0.2) is 6.10 Å². The first-order valence-corrected chi connectivity index (χ1v) is 6.93. The number of carbonyl (C=O) groups excluding carboxylic acids is 1. The Morgan fingerprint density at radius 3 is 2.68 bits per heavy atom. The van der Waals surface area contributed by atoms with Crippen LogP contribution < -0.4 is 5.56 Å². The molecule has 0 N–H and O–H groups in total. The first-order chi connectivity index (χ1) is 10.3. The predicted molar refractivity (Wildman–Crippen MR) is 72.8 cm³/mol. The van der Waals surface area contributed by atoms with Gasteiger partial charge in [0.25, 0.3) is 11.5 Å². The smallest absolute Gasteiger partial charge is 0.365 e. The standard InChI is InChI=1S/C14H17F3N2O3/c1-3-19-9(2)4-5-10(13(19)21)12(20)18-6-7-22-11(8-18)14(15,16)17/h4-5,11H,3,6-8H2,1-2H3. The fourth-order valence-corrected chi connectivity index (χ4v) is 2.43. The van der Waals surface area contributed by atoms with Crippen LogP contribution in [0.5, 0.6) is 0 Å². The van der Waals surface area contributed by atoms with Gasteiger partial charge < -0.3 is 14.2 Å². The Hall–Kier alpha value is -1.83. The van der Waals surface area contributed by atoms with Gasteiger partial charge in [-0.25, -0.2) is 0 Å².